The number of carbonyl (C=O) groups is 1. The molecule has 1 aromatic heterocycles. The summed E-state index contributed by atoms with van der Waals surface area (Å²) in [5.74, 6) is 1.14. The Morgan fingerprint density at radius 2 is 2.04 bits per heavy atom. The van der Waals surface area contributed by atoms with E-state index in [4.69, 9.17) is 0 Å². The highest BCUT2D eigenvalue weighted by Gasteiger charge is 2.25. The lowest BCUT2D eigenvalue weighted by molar-refractivity contribution is 0.0708. The summed E-state index contributed by atoms with van der Waals surface area (Å²) < 4.78 is 2.04. The fraction of sp³-hybridized carbons (Fsp3) is 0.471. The van der Waals surface area contributed by atoms with Crippen molar-refractivity contribution >= 4 is 38.4 Å². The molecule has 23 heavy (non-hydrogen) atoms. The topological polar surface area (TPSA) is 37.3 Å². The zero-order valence-electron chi connectivity index (χ0n) is 13.6. The SMILES string of the molecule is CSSCNC1CCN(C(=O)c2cn(C)c3ccccc23)CC1. The lowest BCUT2D eigenvalue weighted by Gasteiger charge is -2.32. The van der Waals surface area contributed by atoms with Crippen LogP contribution in [0.25, 0.3) is 10.9 Å². The van der Waals surface area contributed by atoms with Gasteiger partial charge in [-0.2, -0.15) is 0 Å². The van der Waals surface area contributed by atoms with Gasteiger partial charge in [-0.1, -0.05) is 39.8 Å². The van der Waals surface area contributed by atoms with Gasteiger partial charge >= 0.3 is 0 Å². The zero-order valence-corrected chi connectivity index (χ0v) is 15.3. The number of fused-ring (bicyclic) bond motifs is 1. The maximum atomic E-state index is 12.9. The lowest BCUT2D eigenvalue weighted by atomic mass is 10.0. The molecular weight excluding hydrogens is 326 g/mol. The van der Waals surface area contributed by atoms with Crippen molar-refractivity contribution in [3.05, 3.63) is 36.0 Å². The van der Waals surface area contributed by atoms with Crippen molar-refractivity contribution in [1.29, 1.82) is 0 Å². The van der Waals surface area contributed by atoms with E-state index in [0.29, 0.717) is 6.04 Å². The van der Waals surface area contributed by atoms with Gasteiger partial charge in [0.25, 0.3) is 5.91 Å². The van der Waals surface area contributed by atoms with Gasteiger partial charge in [0.05, 0.1) is 11.4 Å². The van der Waals surface area contributed by atoms with E-state index < -0.39 is 0 Å². The van der Waals surface area contributed by atoms with Gasteiger partial charge in [-0.25, -0.2) is 0 Å². The Hall–Kier alpha value is -1.11. The van der Waals surface area contributed by atoms with Crippen LogP contribution in [0.1, 0.15) is 23.2 Å². The maximum Gasteiger partial charge on any atom is 0.256 e. The summed E-state index contributed by atoms with van der Waals surface area (Å²) >= 11 is 0. The van der Waals surface area contributed by atoms with E-state index in [1.54, 1.807) is 10.8 Å². The maximum absolute atomic E-state index is 12.9. The van der Waals surface area contributed by atoms with Crippen LogP contribution in [0.15, 0.2) is 30.5 Å². The van der Waals surface area contributed by atoms with Crippen LogP contribution in [0, 0.1) is 0 Å². The molecule has 4 nitrogen and oxygen atoms in total. The molecule has 1 N–H and O–H groups in total. The van der Waals surface area contributed by atoms with Gasteiger partial charge in [0.1, 0.15) is 0 Å². The highest BCUT2D eigenvalue weighted by atomic mass is 33.1. The molecule has 1 fully saturated rings. The number of para-hydroxylation sites is 1. The predicted molar refractivity (Wildman–Crippen MR) is 101 cm³/mol. The first-order valence-electron chi connectivity index (χ1n) is 7.93. The summed E-state index contributed by atoms with van der Waals surface area (Å²) in [5.41, 5.74) is 1.94. The number of aryl methyl sites for hydroxylation is 1. The Labute approximate surface area is 145 Å². The molecule has 1 amide bonds. The summed E-state index contributed by atoms with van der Waals surface area (Å²) in [5, 5.41) is 4.61. The van der Waals surface area contributed by atoms with Gasteiger partial charge in [0.15, 0.2) is 0 Å². The molecule has 0 atom stereocenters. The van der Waals surface area contributed by atoms with Gasteiger partial charge < -0.3 is 14.8 Å². The quantitative estimate of drug-likeness (QED) is 0.510. The van der Waals surface area contributed by atoms with Gasteiger partial charge in [0, 0.05) is 43.3 Å². The van der Waals surface area contributed by atoms with E-state index in [1.165, 1.54) is 0 Å². The van der Waals surface area contributed by atoms with Crippen LogP contribution in [0.2, 0.25) is 0 Å². The van der Waals surface area contributed by atoms with Crippen molar-refractivity contribution in [3.63, 3.8) is 0 Å². The number of aromatic nitrogens is 1. The number of hydrogen-bond acceptors (Lipinski definition) is 4. The van der Waals surface area contributed by atoms with Gasteiger partial charge in [0.2, 0.25) is 0 Å². The molecule has 124 valence electrons. The number of amides is 1. The van der Waals surface area contributed by atoms with Crippen LogP contribution >= 0.6 is 21.6 Å². The fourth-order valence-corrected chi connectivity index (χ4v) is 4.16. The summed E-state index contributed by atoms with van der Waals surface area (Å²) in [7, 11) is 5.61. The van der Waals surface area contributed by atoms with E-state index >= 15 is 0 Å². The minimum atomic E-state index is 0.165. The van der Waals surface area contributed by atoms with Crippen molar-refractivity contribution in [2.45, 2.75) is 18.9 Å². The number of hydrogen-bond donors (Lipinski definition) is 1. The van der Waals surface area contributed by atoms with Crippen LogP contribution in [-0.4, -0.2) is 46.6 Å². The van der Waals surface area contributed by atoms with Crippen molar-refractivity contribution in [2.24, 2.45) is 7.05 Å². The number of rotatable bonds is 5. The summed E-state index contributed by atoms with van der Waals surface area (Å²) in [6.45, 7) is 1.67. The van der Waals surface area contributed by atoms with Crippen LogP contribution < -0.4 is 5.32 Å². The van der Waals surface area contributed by atoms with Crippen LogP contribution in [0.4, 0.5) is 0 Å². The second-order valence-corrected chi connectivity index (χ2v) is 8.44. The molecule has 0 spiro atoms. The normalized spacial score (nSPS) is 16.2. The Kier molecular flexibility index (Phi) is 5.56. The third-order valence-corrected chi connectivity index (χ3v) is 6.04. The van der Waals surface area contributed by atoms with E-state index in [-0.39, 0.29) is 5.91 Å². The largest absolute Gasteiger partial charge is 0.350 e. The smallest absolute Gasteiger partial charge is 0.256 e. The zero-order chi connectivity index (χ0) is 16.2. The number of nitrogens with zero attached hydrogens (tertiary/aromatic N) is 2. The van der Waals surface area contributed by atoms with E-state index in [2.05, 4.69) is 17.6 Å². The van der Waals surface area contributed by atoms with Gasteiger partial charge in [-0.05, 0) is 25.2 Å². The van der Waals surface area contributed by atoms with Gasteiger partial charge in [-0.3, -0.25) is 4.79 Å². The van der Waals surface area contributed by atoms with Crippen LogP contribution in [0.3, 0.4) is 0 Å². The molecular formula is C17H23N3OS2. The second kappa shape index (κ2) is 7.64. The molecule has 0 unspecified atom stereocenters. The van der Waals surface area contributed by atoms with Crippen molar-refractivity contribution in [2.75, 3.05) is 25.2 Å². The molecule has 6 heteroatoms. The minimum absolute atomic E-state index is 0.165. The molecule has 1 aromatic carbocycles. The van der Waals surface area contributed by atoms with E-state index in [0.717, 1.165) is 48.3 Å². The van der Waals surface area contributed by atoms with Crippen molar-refractivity contribution in [3.8, 4) is 0 Å². The molecule has 0 radical (unpaired) electrons. The molecule has 2 aromatic rings. The number of benzene rings is 1. The third-order valence-electron chi connectivity index (χ3n) is 4.46. The molecule has 3 rings (SSSR count). The first-order valence-corrected chi connectivity index (χ1v) is 10.7. The minimum Gasteiger partial charge on any atom is -0.350 e. The number of nitrogens with one attached hydrogen (secondary N) is 1. The first kappa shape index (κ1) is 16.7. The average molecular weight is 350 g/mol. The second-order valence-electron chi connectivity index (χ2n) is 5.87. The summed E-state index contributed by atoms with van der Waals surface area (Å²) in [4.78, 5) is 14.9. The molecule has 2 heterocycles. The lowest BCUT2D eigenvalue weighted by Crippen LogP contribution is -2.44. The summed E-state index contributed by atoms with van der Waals surface area (Å²) in [6, 6.07) is 8.65. The highest BCUT2D eigenvalue weighted by Crippen LogP contribution is 2.23. The highest BCUT2D eigenvalue weighted by molar-refractivity contribution is 8.76. The molecule has 0 bridgehead atoms. The van der Waals surface area contributed by atoms with E-state index in [1.807, 2.05) is 51.7 Å². The number of carbonyl (C=O) groups excluding carboxylic acids is 1. The predicted octanol–water partition coefficient (Wildman–Crippen LogP) is 3.34. The van der Waals surface area contributed by atoms with Crippen molar-refractivity contribution < 1.29 is 4.79 Å². The average Bonchev–Trinajstić information content (AvgIpc) is 2.93. The Morgan fingerprint density at radius 3 is 2.78 bits per heavy atom. The van der Waals surface area contributed by atoms with Crippen molar-refractivity contribution in [1.82, 2.24) is 14.8 Å². The Bertz CT molecular complexity index is 678. The Balaban J connectivity index is 1.65. The fourth-order valence-electron chi connectivity index (χ4n) is 3.18. The summed E-state index contributed by atoms with van der Waals surface area (Å²) in [6.07, 6.45) is 6.13. The standard InChI is InChI=1S/C17H23N3OS2/c1-19-11-15(14-5-3-4-6-16(14)19)17(21)20-9-7-13(8-10-20)18-12-23-22-2/h3-6,11,13,18H,7-10,12H2,1-2H3. The van der Waals surface area contributed by atoms with Crippen LogP contribution in [-0.2, 0) is 7.05 Å². The molecule has 0 aliphatic carbocycles. The van der Waals surface area contributed by atoms with E-state index in [9.17, 15) is 4.79 Å². The Morgan fingerprint density at radius 1 is 1.30 bits per heavy atom. The molecule has 1 aliphatic rings. The molecule has 0 saturated carbocycles. The van der Waals surface area contributed by atoms with Crippen LogP contribution in [0.5, 0.6) is 0 Å². The van der Waals surface area contributed by atoms with Gasteiger partial charge in [-0.15, -0.1) is 0 Å². The number of likely N-dealkylation sites (tertiary alicyclic amines) is 1. The monoisotopic (exact) mass is 349 g/mol. The molecule has 1 saturated heterocycles. The molecule has 1 aliphatic heterocycles. The first-order chi connectivity index (χ1) is 11.2. The third kappa shape index (κ3) is 3.70. The number of piperidine rings is 1.